The van der Waals surface area contributed by atoms with Crippen LogP contribution >= 0.6 is 34.5 Å². The van der Waals surface area contributed by atoms with Crippen molar-refractivity contribution >= 4 is 57.6 Å². The van der Waals surface area contributed by atoms with E-state index in [1.807, 2.05) is 5.32 Å². The number of carbonyl (C=O) groups is 2. The van der Waals surface area contributed by atoms with E-state index >= 15 is 0 Å². The van der Waals surface area contributed by atoms with E-state index in [-0.39, 0.29) is 5.56 Å². The number of aliphatic hydroxyl groups is 1. The lowest BCUT2D eigenvalue weighted by molar-refractivity contribution is -0.662. The summed E-state index contributed by atoms with van der Waals surface area (Å²) in [5, 5.41) is 28.5. The molecule has 1 atom stereocenters. The second-order valence-corrected chi connectivity index (χ2v) is 9.16. The number of aliphatic hydroxyl groups excluding tert-OH is 1. The molecule has 180 valence electrons. The van der Waals surface area contributed by atoms with Gasteiger partial charge in [-0.2, -0.15) is 0 Å². The molecule has 3 heterocycles. The number of nitrogens with two attached hydrogens (primary N) is 1. The maximum Gasteiger partial charge on any atom is 0.351 e. The summed E-state index contributed by atoms with van der Waals surface area (Å²) in [6.07, 6.45) is 1.66. The van der Waals surface area contributed by atoms with E-state index in [1.54, 1.807) is 24.0 Å². The summed E-state index contributed by atoms with van der Waals surface area (Å²) in [6.45, 7) is 1.80. The molecule has 12 nitrogen and oxygen atoms in total. The number of aliphatic carboxylic acids is 2. The Balaban J connectivity index is 0.000000569. The summed E-state index contributed by atoms with van der Waals surface area (Å²) in [6, 6.07) is 1.69. The first-order valence-corrected chi connectivity index (χ1v) is 11.0. The topological polar surface area (TPSA) is 176 Å². The average molecular weight is 522 g/mol. The maximum atomic E-state index is 12.4. The summed E-state index contributed by atoms with van der Waals surface area (Å²) in [5.41, 5.74) is 0.694. The molecule has 0 aromatic carbocycles. The zero-order chi connectivity index (χ0) is 24.9. The Morgan fingerprint density at radius 3 is 2.45 bits per heavy atom. The van der Waals surface area contributed by atoms with Crippen molar-refractivity contribution in [1.82, 2.24) is 18.7 Å². The molecule has 33 heavy (non-hydrogen) atoms. The number of fused-ring (bicyclic) bond motifs is 1. The van der Waals surface area contributed by atoms with Gasteiger partial charge in [-0.3, -0.25) is 13.9 Å². The molecule has 15 heteroatoms. The van der Waals surface area contributed by atoms with Crippen molar-refractivity contribution < 1.29 is 30.2 Å². The fourth-order valence-electron chi connectivity index (χ4n) is 2.96. The Morgan fingerprint density at radius 1 is 1.27 bits per heavy atom. The normalized spacial score (nSPS) is 11.8. The molecule has 0 bridgehead atoms. The van der Waals surface area contributed by atoms with Crippen LogP contribution < -0.4 is 21.7 Å². The van der Waals surface area contributed by atoms with E-state index in [4.69, 9.17) is 43.0 Å². The van der Waals surface area contributed by atoms with Crippen molar-refractivity contribution in [3.8, 4) is 0 Å². The summed E-state index contributed by atoms with van der Waals surface area (Å²) in [4.78, 5) is 46.5. The second kappa shape index (κ2) is 11.4. The number of hydrogen-bond donors (Lipinski definition) is 3. The molecule has 4 N–H and O–H groups in total. The van der Waals surface area contributed by atoms with Crippen LogP contribution in [0.15, 0.2) is 22.0 Å². The molecular formula is C18H21Cl2N5O7S. The number of imidazole rings is 1. The Bertz CT molecular complexity index is 1270. The van der Waals surface area contributed by atoms with E-state index in [0.29, 0.717) is 38.5 Å². The first-order valence-electron chi connectivity index (χ1n) is 9.45. The van der Waals surface area contributed by atoms with Crippen LogP contribution in [0, 0.1) is 0 Å². The molecule has 0 fully saturated rings. The zero-order valence-electron chi connectivity index (χ0n) is 17.5. The van der Waals surface area contributed by atoms with Crippen molar-refractivity contribution in [3.05, 3.63) is 47.5 Å². The third-order valence-corrected chi connectivity index (χ3v) is 6.15. The standard InChI is InChI=1S/C16H19Cl2N5O3S.C2H2O4/c1-21-14-12(15(25)22(2)16(21)26)23(8-20-14)5-3-4-19-7-10(24)9-6-11(17)27-13(9)18;3-1(4)2(5)6/h6,8,10,19,24H,3-5,7H2,1-2H3;(H,3,4)(H,5,6). The monoisotopic (exact) mass is 521 g/mol. The quantitative estimate of drug-likeness (QED) is 0.243. The Morgan fingerprint density at radius 2 is 1.91 bits per heavy atom. The molecular weight excluding hydrogens is 501 g/mol. The molecule has 3 aromatic heterocycles. The number of thiophene rings is 1. The molecule has 0 saturated carbocycles. The third kappa shape index (κ3) is 6.42. The number of nitrogens with zero attached hydrogens (tertiary/aromatic N) is 4. The van der Waals surface area contributed by atoms with Gasteiger partial charge in [0.25, 0.3) is 5.56 Å². The molecule has 1 unspecified atom stereocenters. The molecule has 3 rings (SSSR count). The van der Waals surface area contributed by atoms with Gasteiger partial charge in [-0.25, -0.2) is 14.6 Å². The number of aromatic nitrogens is 4. The number of quaternary nitrogens is 1. The Labute approximate surface area is 200 Å². The largest absolute Gasteiger partial charge is 0.539 e. The minimum Gasteiger partial charge on any atom is -0.539 e. The first kappa shape index (κ1) is 26.5. The molecule has 0 saturated heterocycles. The van der Waals surface area contributed by atoms with Crippen LogP contribution in [0.2, 0.25) is 8.67 Å². The summed E-state index contributed by atoms with van der Waals surface area (Å²) in [7, 11) is 3.05. The van der Waals surface area contributed by atoms with E-state index in [2.05, 4.69) is 4.98 Å². The zero-order valence-corrected chi connectivity index (χ0v) is 19.9. The fourth-order valence-corrected chi connectivity index (χ4v) is 4.52. The number of carboxylic acid groups (broad SMARTS) is 2. The van der Waals surface area contributed by atoms with Crippen LogP contribution in [0.5, 0.6) is 0 Å². The second-order valence-electron chi connectivity index (χ2n) is 6.87. The van der Waals surface area contributed by atoms with Crippen LogP contribution in [-0.2, 0) is 30.2 Å². The van der Waals surface area contributed by atoms with Crippen LogP contribution in [0.4, 0.5) is 0 Å². The predicted octanol–water partition coefficient (Wildman–Crippen LogP) is -1.69. The average Bonchev–Trinajstić information content (AvgIpc) is 3.33. The number of hydrogen-bond acceptors (Lipinski definition) is 8. The molecule has 0 aliphatic heterocycles. The van der Waals surface area contributed by atoms with Crippen molar-refractivity contribution in [2.24, 2.45) is 14.1 Å². The van der Waals surface area contributed by atoms with Crippen LogP contribution in [0.1, 0.15) is 18.1 Å². The highest BCUT2D eigenvalue weighted by atomic mass is 35.5. The molecule has 3 aromatic rings. The number of aryl methyl sites for hydroxylation is 2. The Hall–Kier alpha value is -2.71. The van der Waals surface area contributed by atoms with Gasteiger partial charge in [-0.15, -0.1) is 11.3 Å². The smallest absolute Gasteiger partial charge is 0.351 e. The number of halogens is 2. The van der Waals surface area contributed by atoms with E-state index in [1.165, 1.54) is 23.0 Å². The van der Waals surface area contributed by atoms with Gasteiger partial charge in [0.1, 0.15) is 17.0 Å². The van der Waals surface area contributed by atoms with E-state index in [9.17, 15) is 14.7 Å². The number of carbonyl (C=O) groups excluding carboxylic acids is 1. The SMILES string of the molecule is Cn1c(=O)c2c(ncn2CCC[NH2+]CC(O)c2cc(Cl)sc2Cl)n(C)c1=O.O=C([O-])C(=O)O. The third-order valence-electron chi connectivity index (χ3n) is 4.63. The van der Waals surface area contributed by atoms with Crippen LogP contribution in [0.25, 0.3) is 11.2 Å². The van der Waals surface area contributed by atoms with Crippen molar-refractivity contribution in [2.75, 3.05) is 13.1 Å². The highest BCUT2D eigenvalue weighted by Gasteiger charge is 2.17. The molecule has 0 amide bonds. The molecule has 0 aliphatic rings. The molecule has 0 radical (unpaired) electrons. The summed E-state index contributed by atoms with van der Waals surface area (Å²) >= 11 is 13.2. The van der Waals surface area contributed by atoms with Crippen molar-refractivity contribution in [3.63, 3.8) is 0 Å². The van der Waals surface area contributed by atoms with Gasteiger partial charge in [0.15, 0.2) is 17.1 Å². The highest BCUT2D eigenvalue weighted by Crippen LogP contribution is 2.34. The number of rotatable bonds is 7. The highest BCUT2D eigenvalue weighted by molar-refractivity contribution is 7.20. The Kier molecular flexibility index (Phi) is 9.19. The van der Waals surface area contributed by atoms with Gasteiger partial charge in [-0.05, 0) is 6.07 Å². The van der Waals surface area contributed by atoms with E-state index in [0.717, 1.165) is 17.5 Å². The summed E-state index contributed by atoms with van der Waals surface area (Å²) in [5.74, 6) is -4.01. The van der Waals surface area contributed by atoms with Gasteiger partial charge < -0.3 is 30.0 Å². The number of carboxylic acids is 2. The molecule has 0 aliphatic carbocycles. The first-order chi connectivity index (χ1) is 15.5. The fraction of sp³-hybridized carbons (Fsp3) is 0.389. The van der Waals surface area contributed by atoms with Crippen molar-refractivity contribution in [2.45, 2.75) is 19.1 Å². The maximum absolute atomic E-state index is 12.4. The summed E-state index contributed by atoms with van der Waals surface area (Å²) < 4.78 is 5.27. The lowest BCUT2D eigenvalue weighted by Gasteiger charge is -2.09. The van der Waals surface area contributed by atoms with Crippen LogP contribution in [-0.4, -0.2) is 53.9 Å². The molecule has 0 spiro atoms. The minimum atomic E-state index is -2.07. The van der Waals surface area contributed by atoms with Gasteiger partial charge in [0.05, 0.1) is 17.2 Å². The van der Waals surface area contributed by atoms with Gasteiger partial charge in [0.2, 0.25) is 0 Å². The van der Waals surface area contributed by atoms with Gasteiger partial charge >= 0.3 is 11.7 Å². The minimum absolute atomic E-state index is 0.353. The predicted molar refractivity (Wildman–Crippen MR) is 118 cm³/mol. The van der Waals surface area contributed by atoms with Gasteiger partial charge in [0, 0.05) is 32.6 Å². The van der Waals surface area contributed by atoms with E-state index < -0.39 is 23.7 Å². The van der Waals surface area contributed by atoms with Gasteiger partial charge in [-0.1, -0.05) is 23.2 Å². The van der Waals surface area contributed by atoms with Crippen LogP contribution in [0.3, 0.4) is 0 Å². The lowest BCUT2D eigenvalue weighted by atomic mass is 10.2. The van der Waals surface area contributed by atoms with Crippen molar-refractivity contribution in [1.29, 1.82) is 0 Å². The lowest BCUT2D eigenvalue weighted by Crippen LogP contribution is -2.85.